The van der Waals surface area contributed by atoms with E-state index in [-0.39, 0.29) is 0 Å². The Kier molecular flexibility index (Phi) is 0.834. The van der Waals surface area contributed by atoms with Crippen LogP contribution in [-0.2, 0) is 0 Å². The van der Waals surface area contributed by atoms with Crippen LogP contribution in [0.3, 0.4) is 0 Å². The van der Waals surface area contributed by atoms with Gasteiger partial charge in [0.1, 0.15) is 0 Å². The zero-order valence-electron chi connectivity index (χ0n) is 2.91. The lowest BCUT2D eigenvalue weighted by Gasteiger charge is -1.78. The second-order valence-corrected chi connectivity index (χ2v) is 0.957. The summed E-state index contributed by atoms with van der Waals surface area (Å²) in [5.41, 5.74) is 5.72. The minimum atomic E-state index is 0.889. The largest absolute Gasteiger partial charge is 0.290 e. The third-order valence-electron chi connectivity index (χ3n) is 0.552. The van der Waals surface area contributed by atoms with E-state index in [1.54, 1.807) is 0 Å². The van der Waals surface area contributed by atoms with Crippen molar-refractivity contribution in [1.29, 1.82) is 0 Å². The second-order valence-electron chi connectivity index (χ2n) is 0.957. The number of rotatable bonds is 0. The molecule has 3 N–H and O–H groups in total. The van der Waals surface area contributed by atoms with Gasteiger partial charge in [-0.05, 0) is 0 Å². The Morgan fingerprint density at radius 1 is 1.00 bits per heavy atom. The Labute approximate surface area is 30.7 Å². The summed E-state index contributed by atoms with van der Waals surface area (Å²) in [5.74, 6) is 0. The minimum Gasteiger partial charge on any atom is -0.290 e. The normalized spacial score (nSPS) is 24.0. The summed E-state index contributed by atoms with van der Waals surface area (Å²) in [5, 5.41) is 3.00. The molecule has 1 rings (SSSR count). The van der Waals surface area contributed by atoms with Crippen LogP contribution in [0.5, 0.6) is 0 Å². The zero-order chi connectivity index (χ0) is 3.54. The summed E-state index contributed by atoms with van der Waals surface area (Å²) in [6, 6.07) is 0. The van der Waals surface area contributed by atoms with Crippen molar-refractivity contribution in [3.8, 4) is 0 Å². The standard InChI is InChI=1S/C2H7N3/c1-3-2-5-4-1/h3-5H,1-2H2/i1+1,2+1,3+1,4+1,5+1. The molecule has 0 radical (unpaired) electrons. The third-order valence-corrected chi connectivity index (χ3v) is 0.552. The lowest BCUT2D eigenvalue weighted by atomic mass is 12.1. The highest BCUT2D eigenvalue weighted by Gasteiger charge is 1.88. The average Bonchev–Trinajstić information content (AvgIpc) is 1.76. The first-order valence-electron chi connectivity index (χ1n) is 1.66. The topological polar surface area (TPSA) is 36.1 Å². The SMILES string of the molecule is [13CH2]1[15NH][13CH2][15NH][15NH]1. The third kappa shape index (κ3) is 0.576. The highest BCUT2D eigenvalue weighted by atomic mass is 16.5. The van der Waals surface area contributed by atoms with Crippen molar-refractivity contribution >= 4 is 0 Å². The average molecular weight is 78.1 g/mol. The molecule has 1 fully saturated rings. The number of nitrogens with one attached hydrogen (secondary N) is 3. The molecule has 0 aromatic heterocycles. The van der Waals surface area contributed by atoms with E-state index in [0.29, 0.717) is 0 Å². The van der Waals surface area contributed by atoms with Gasteiger partial charge in [-0.25, -0.2) is 10.9 Å². The molecule has 3 nitrogen and oxygen atoms in total. The van der Waals surface area contributed by atoms with Crippen LogP contribution in [0.1, 0.15) is 0 Å². The van der Waals surface area contributed by atoms with E-state index >= 15 is 0 Å². The van der Waals surface area contributed by atoms with Gasteiger partial charge < -0.3 is 0 Å². The van der Waals surface area contributed by atoms with Gasteiger partial charge in [0.25, 0.3) is 0 Å². The number of hydrogen-bond acceptors (Lipinski definition) is 3. The van der Waals surface area contributed by atoms with E-state index in [4.69, 9.17) is 0 Å². The smallest absolute Gasteiger partial charge is 0.0600 e. The lowest BCUT2D eigenvalue weighted by molar-refractivity contribution is 0.689. The monoisotopic (exact) mass is 78.1 g/mol. The molecule has 0 saturated carbocycles. The van der Waals surface area contributed by atoms with E-state index in [0.717, 1.165) is 13.3 Å². The molecule has 0 amide bonds. The van der Waals surface area contributed by atoms with Crippen LogP contribution in [0.2, 0.25) is 0 Å². The molecule has 0 bridgehead atoms. The summed E-state index contributed by atoms with van der Waals surface area (Å²) < 4.78 is 0. The summed E-state index contributed by atoms with van der Waals surface area (Å²) in [7, 11) is 0. The molecular formula is C2H7N3. The van der Waals surface area contributed by atoms with Crippen LogP contribution < -0.4 is 16.2 Å². The molecule has 1 aliphatic rings. The Morgan fingerprint density at radius 3 is 1.80 bits per heavy atom. The number of hydrogen-bond donors (Lipinski definition) is 3. The molecule has 0 aromatic carbocycles. The molecule has 0 unspecified atom stereocenters. The van der Waals surface area contributed by atoms with Crippen molar-refractivity contribution in [3.05, 3.63) is 0 Å². The van der Waals surface area contributed by atoms with Crippen molar-refractivity contribution in [2.75, 3.05) is 13.3 Å². The van der Waals surface area contributed by atoms with Gasteiger partial charge in [-0.3, -0.25) is 5.32 Å². The van der Waals surface area contributed by atoms with Crippen LogP contribution >= 0.6 is 0 Å². The molecule has 30 valence electrons. The molecule has 3 heteroatoms. The molecular weight excluding hydrogens is 71.0 g/mol. The van der Waals surface area contributed by atoms with Gasteiger partial charge in [0, 0.05) is 0 Å². The highest BCUT2D eigenvalue weighted by molar-refractivity contribution is 4.43. The van der Waals surface area contributed by atoms with Crippen molar-refractivity contribution in [2.45, 2.75) is 0 Å². The maximum atomic E-state index is 3.00. The Morgan fingerprint density at radius 2 is 1.60 bits per heavy atom. The van der Waals surface area contributed by atoms with Gasteiger partial charge in [-0.2, -0.15) is 0 Å². The fourth-order valence-corrected chi connectivity index (χ4v) is 0.312. The van der Waals surface area contributed by atoms with Crippen LogP contribution in [0, 0.1) is 0 Å². The van der Waals surface area contributed by atoms with Gasteiger partial charge in [0.2, 0.25) is 0 Å². The van der Waals surface area contributed by atoms with Crippen LogP contribution in [0.25, 0.3) is 0 Å². The first-order chi connectivity index (χ1) is 2.50. The van der Waals surface area contributed by atoms with Crippen molar-refractivity contribution in [1.82, 2.24) is 16.2 Å². The zero-order valence-corrected chi connectivity index (χ0v) is 2.91. The predicted molar refractivity (Wildman–Crippen MR) is 19.1 cm³/mol. The van der Waals surface area contributed by atoms with Crippen LogP contribution in [-0.4, -0.2) is 13.3 Å². The summed E-state index contributed by atoms with van der Waals surface area (Å²) in [6.45, 7) is 1.78. The lowest BCUT2D eigenvalue weighted by Crippen LogP contribution is -2.21. The molecule has 0 atom stereocenters. The fourth-order valence-electron chi connectivity index (χ4n) is 0.312. The van der Waals surface area contributed by atoms with E-state index in [1.165, 1.54) is 0 Å². The van der Waals surface area contributed by atoms with Crippen molar-refractivity contribution < 1.29 is 0 Å². The molecule has 0 aliphatic carbocycles. The van der Waals surface area contributed by atoms with E-state index in [1.807, 2.05) is 0 Å². The Hall–Kier alpha value is -0.120. The summed E-state index contributed by atoms with van der Waals surface area (Å²) in [6.07, 6.45) is 0. The van der Waals surface area contributed by atoms with Gasteiger partial charge in [0.05, 0.1) is 13.3 Å². The summed E-state index contributed by atoms with van der Waals surface area (Å²) in [4.78, 5) is 0. The van der Waals surface area contributed by atoms with E-state index in [2.05, 4.69) is 16.2 Å². The number of hydrazine groups is 1. The van der Waals surface area contributed by atoms with Crippen LogP contribution in [0.4, 0.5) is 0 Å². The van der Waals surface area contributed by atoms with Crippen molar-refractivity contribution in [3.63, 3.8) is 0 Å². The Bertz CT molecular complexity index is 16.5. The van der Waals surface area contributed by atoms with Gasteiger partial charge in [-0.15, -0.1) is 0 Å². The molecule has 0 spiro atoms. The second kappa shape index (κ2) is 1.35. The van der Waals surface area contributed by atoms with E-state index in [9.17, 15) is 0 Å². The molecule has 0 aromatic rings. The van der Waals surface area contributed by atoms with Gasteiger partial charge in [-0.1, -0.05) is 0 Å². The fraction of sp³-hybridized carbons (Fsp3) is 1.00. The van der Waals surface area contributed by atoms with Crippen molar-refractivity contribution in [2.24, 2.45) is 0 Å². The predicted octanol–water partition coefficient (Wildman–Crippen LogP) is -1.40. The van der Waals surface area contributed by atoms with Crippen LogP contribution in [0.15, 0.2) is 0 Å². The summed E-state index contributed by atoms with van der Waals surface area (Å²) >= 11 is 0. The first kappa shape index (κ1) is 3.08. The molecule has 1 heterocycles. The molecule has 5 heavy (non-hydrogen) atoms. The maximum absolute atomic E-state index is 3.00. The van der Waals surface area contributed by atoms with Gasteiger partial charge in [0.15, 0.2) is 0 Å². The molecule has 1 aliphatic heterocycles. The van der Waals surface area contributed by atoms with E-state index < -0.39 is 0 Å². The molecule has 1 saturated heterocycles. The first-order valence-corrected chi connectivity index (χ1v) is 1.66. The quantitative estimate of drug-likeness (QED) is 0.246. The maximum Gasteiger partial charge on any atom is 0.0600 e. The minimum absolute atomic E-state index is 0.889. The highest BCUT2D eigenvalue weighted by Crippen LogP contribution is 1.52. The van der Waals surface area contributed by atoms with Gasteiger partial charge >= 0.3 is 0 Å². The Balaban J connectivity index is 2.08.